The van der Waals surface area contributed by atoms with E-state index >= 15 is 0 Å². The van der Waals surface area contributed by atoms with E-state index in [9.17, 15) is 0 Å². The molecule has 12 heavy (non-hydrogen) atoms. The topological polar surface area (TPSA) is 15.7 Å². The van der Waals surface area contributed by atoms with Crippen molar-refractivity contribution in [1.82, 2.24) is 9.80 Å². The Kier molecular flexibility index (Phi) is 7.45. The van der Waals surface area contributed by atoms with Crippen LogP contribution >= 0.6 is 0 Å². The third-order valence-corrected chi connectivity index (χ3v) is 2.08. The number of ether oxygens (including phenoxy) is 1. The summed E-state index contributed by atoms with van der Waals surface area (Å²) in [6.45, 7) is 7.40. The van der Waals surface area contributed by atoms with Crippen molar-refractivity contribution in [2.24, 2.45) is 0 Å². The van der Waals surface area contributed by atoms with Crippen LogP contribution < -0.4 is 0 Å². The molecule has 0 aromatic heterocycles. The van der Waals surface area contributed by atoms with Gasteiger partial charge in [0.25, 0.3) is 0 Å². The Labute approximate surface area is 76.3 Å². The van der Waals surface area contributed by atoms with Crippen LogP contribution in [0.25, 0.3) is 0 Å². The average molecular weight is 174 g/mol. The Bertz CT molecular complexity index is 98.5. The lowest BCUT2D eigenvalue weighted by Crippen LogP contribution is -2.32. The normalized spacial score (nSPS) is 11.5. The van der Waals surface area contributed by atoms with Gasteiger partial charge in [0.1, 0.15) is 0 Å². The third-order valence-electron chi connectivity index (χ3n) is 2.08. The third kappa shape index (κ3) is 6.58. The highest BCUT2D eigenvalue weighted by atomic mass is 16.5. The SMILES string of the molecule is CCN(C)CCN(C)CCOC. The minimum atomic E-state index is 0.826. The van der Waals surface area contributed by atoms with Crippen molar-refractivity contribution < 1.29 is 4.74 Å². The maximum atomic E-state index is 4.99. The highest BCUT2D eigenvalue weighted by Crippen LogP contribution is 1.85. The maximum Gasteiger partial charge on any atom is 0.0589 e. The quantitative estimate of drug-likeness (QED) is 0.559. The van der Waals surface area contributed by atoms with Crippen LogP contribution in [-0.4, -0.2) is 63.8 Å². The molecule has 0 spiro atoms. The highest BCUT2D eigenvalue weighted by Gasteiger charge is 1.99. The second-order valence-corrected chi connectivity index (χ2v) is 3.19. The maximum absolute atomic E-state index is 4.99. The molecule has 3 heteroatoms. The first kappa shape index (κ1) is 11.9. The summed E-state index contributed by atoms with van der Waals surface area (Å²) in [5.41, 5.74) is 0. The number of hydrogen-bond donors (Lipinski definition) is 0. The zero-order chi connectivity index (χ0) is 9.40. The van der Waals surface area contributed by atoms with E-state index in [0.717, 1.165) is 32.8 Å². The summed E-state index contributed by atoms with van der Waals surface area (Å²) in [4.78, 5) is 4.60. The lowest BCUT2D eigenvalue weighted by molar-refractivity contribution is 0.155. The second-order valence-electron chi connectivity index (χ2n) is 3.19. The van der Waals surface area contributed by atoms with E-state index in [1.54, 1.807) is 7.11 Å². The van der Waals surface area contributed by atoms with Gasteiger partial charge in [-0.15, -0.1) is 0 Å². The van der Waals surface area contributed by atoms with Crippen LogP contribution in [0.2, 0.25) is 0 Å². The van der Waals surface area contributed by atoms with Crippen LogP contribution in [0.5, 0.6) is 0 Å². The van der Waals surface area contributed by atoms with Gasteiger partial charge in [-0.05, 0) is 20.6 Å². The van der Waals surface area contributed by atoms with Crippen LogP contribution in [0.4, 0.5) is 0 Å². The van der Waals surface area contributed by atoms with Crippen molar-refractivity contribution in [2.45, 2.75) is 6.92 Å². The minimum Gasteiger partial charge on any atom is -0.383 e. The molecule has 0 bridgehead atoms. The summed E-state index contributed by atoms with van der Waals surface area (Å²) in [5.74, 6) is 0. The number of methoxy groups -OCH3 is 1. The first-order valence-corrected chi connectivity index (χ1v) is 4.56. The van der Waals surface area contributed by atoms with Crippen LogP contribution in [-0.2, 0) is 4.74 Å². The Balaban J connectivity index is 3.24. The monoisotopic (exact) mass is 174 g/mol. The summed E-state index contributed by atoms with van der Waals surface area (Å²) >= 11 is 0. The number of likely N-dealkylation sites (N-methyl/N-ethyl adjacent to an activating group) is 2. The molecule has 0 saturated heterocycles. The van der Waals surface area contributed by atoms with Crippen molar-refractivity contribution in [2.75, 3.05) is 54.0 Å². The van der Waals surface area contributed by atoms with Crippen molar-refractivity contribution in [1.29, 1.82) is 0 Å². The first-order valence-electron chi connectivity index (χ1n) is 4.56. The van der Waals surface area contributed by atoms with E-state index in [1.807, 2.05) is 0 Å². The van der Waals surface area contributed by atoms with Gasteiger partial charge in [0.2, 0.25) is 0 Å². The minimum absolute atomic E-state index is 0.826. The lowest BCUT2D eigenvalue weighted by atomic mass is 10.4. The van der Waals surface area contributed by atoms with Gasteiger partial charge in [0.05, 0.1) is 6.61 Å². The fraction of sp³-hybridized carbons (Fsp3) is 1.00. The molecule has 0 atom stereocenters. The first-order chi connectivity index (χ1) is 5.70. The predicted molar refractivity (Wildman–Crippen MR) is 52.5 cm³/mol. The molecule has 0 aliphatic rings. The number of rotatable bonds is 7. The van der Waals surface area contributed by atoms with Gasteiger partial charge in [-0.3, -0.25) is 0 Å². The van der Waals surface area contributed by atoms with Crippen molar-refractivity contribution in [3.63, 3.8) is 0 Å². The van der Waals surface area contributed by atoms with Crippen molar-refractivity contribution in [3.8, 4) is 0 Å². The summed E-state index contributed by atoms with van der Waals surface area (Å²) in [6.07, 6.45) is 0. The standard InChI is InChI=1S/C9H22N2O/c1-5-10(2)6-7-11(3)8-9-12-4/h5-9H2,1-4H3. The van der Waals surface area contributed by atoms with Crippen LogP contribution in [0.15, 0.2) is 0 Å². The van der Waals surface area contributed by atoms with Gasteiger partial charge >= 0.3 is 0 Å². The van der Waals surface area contributed by atoms with Gasteiger partial charge in [-0.2, -0.15) is 0 Å². The Morgan fingerprint density at radius 1 is 1.00 bits per heavy atom. The highest BCUT2D eigenvalue weighted by molar-refractivity contribution is 4.54. The molecule has 0 saturated carbocycles. The second kappa shape index (κ2) is 7.53. The molecule has 0 rings (SSSR count). The van der Waals surface area contributed by atoms with E-state index in [-0.39, 0.29) is 0 Å². The van der Waals surface area contributed by atoms with Gasteiger partial charge in [0.15, 0.2) is 0 Å². The van der Waals surface area contributed by atoms with E-state index < -0.39 is 0 Å². The molecule has 0 amide bonds. The van der Waals surface area contributed by atoms with E-state index in [4.69, 9.17) is 4.74 Å². The Morgan fingerprint density at radius 3 is 2.08 bits per heavy atom. The number of nitrogens with zero attached hydrogens (tertiary/aromatic N) is 2. The molecule has 0 N–H and O–H groups in total. The van der Waals surface area contributed by atoms with Gasteiger partial charge in [0, 0.05) is 26.7 Å². The largest absolute Gasteiger partial charge is 0.383 e. The summed E-state index contributed by atoms with van der Waals surface area (Å²) < 4.78 is 4.99. The Morgan fingerprint density at radius 2 is 1.58 bits per heavy atom. The summed E-state index contributed by atoms with van der Waals surface area (Å²) in [6, 6.07) is 0. The fourth-order valence-electron chi connectivity index (χ4n) is 0.858. The molecule has 0 heterocycles. The molecular formula is C9H22N2O. The van der Waals surface area contributed by atoms with E-state index in [0.29, 0.717) is 0 Å². The smallest absolute Gasteiger partial charge is 0.0589 e. The molecule has 0 fully saturated rings. The molecule has 0 radical (unpaired) electrons. The van der Waals surface area contributed by atoms with E-state index in [1.165, 1.54) is 0 Å². The van der Waals surface area contributed by atoms with E-state index in [2.05, 4.69) is 30.8 Å². The van der Waals surface area contributed by atoms with Crippen LogP contribution in [0.3, 0.4) is 0 Å². The zero-order valence-electron chi connectivity index (χ0n) is 8.84. The van der Waals surface area contributed by atoms with Gasteiger partial charge in [-0.25, -0.2) is 0 Å². The van der Waals surface area contributed by atoms with Gasteiger partial charge < -0.3 is 14.5 Å². The number of hydrogen-bond acceptors (Lipinski definition) is 3. The molecule has 0 aliphatic heterocycles. The Hall–Kier alpha value is -0.120. The van der Waals surface area contributed by atoms with Crippen LogP contribution in [0, 0.1) is 0 Å². The molecule has 74 valence electrons. The predicted octanol–water partition coefficient (Wildman–Crippen LogP) is 0.516. The molecule has 0 aliphatic carbocycles. The molecular weight excluding hydrogens is 152 g/mol. The van der Waals surface area contributed by atoms with Crippen molar-refractivity contribution >= 4 is 0 Å². The van der Waals surface area contributed by atoms with Crippen LogP contribution in [0.1, 0.15) is 6.92 Å². The van der Waals surface area contributed by atoms with Crippen molar-refractivity contribution in [3.05, 3.63) is 0 Å². The summed E-state index contributed by atoms with van der Waals surface area (Å²) in [5, 5.41) is 0. The lowest BCUT2D eigenvalue weighted by Gasteiger charge is -2.20. The molecule has 0 aromatic carbocycles. The molecule has 3 nitrogen and oxygen atoms in total. The fourth-order valence-corrected chi connectivity index (χ4v) is 0.858. The van der Waals surface area contributed by atoms with Gasteiger partial charge in [-0.1, -0.05) is 6.92 Å². The zero-order valence-corrected chi connectivity index (χ0v) is 8.84. The molecule has 0 unspecified atom stereocenters. The molecule has 0 aromatic rings. The average Bonchev–Trinajstić information content (AvgIpc) is 2.10. The summed E-state index contributed by atoms with van der Waals surface area (Å²) in [7, 11) is 6.01.